The monoisotopic (exact) mass is 244 g/mol. The first-order valence-corrected chi connectivity index (χ1v) is 5.91. The van der Waals surface area contributed by atoms with Crippen molar-refractivity contribution < 1.29 is 9.53 Å². The van der Waals surface area contributed by atoms with E-state index in [0.29, 0.717) is 18.6 Å². The van der Waals surface area contributed by atoms with Crippen molar-refractivity contribution in [3.05, 3.63) is 0 Å². The number of hydrazine groups is 1. The Morgan fingerprint density at radius 1 is 1.59 bits per heavy atom. The van der Waals surface area contributed by atoms with E-state index in [2.05, 4.69) is 36.2 Å². The Hall–Kier alpha value is -0.690. The summed E-state index contributed by atoms with van der Waals surface area (Å²) < 4.78 is 5.10. The van der Waals surface area contributed by atoms with Gasteiger partial charge in [0.1, 0.15) is 6.04 Å². The third kappa shape index (κ3) is 3.38. The first-order chi connectivity index (χ1) is 8.01. The molecule has 1 amide bonds. The number of nitrogens with one attached hydrogen (secondary N) is 1. The molecule has 1 saturated heterocycles. The van der Waals surface area contributed by atoms with Crippen molar-refractivity contribution in [3.8, 4) is 0 Å². The van der Waals surface area contributed by atoms with Crippen molar-refractivity contribution in [1.29, 1.82) is 0 Å². The molecule has 17 heavy (non-hydrogen) atoms. The normalized spacial score (nSPS) is 27.4. The molecule has 3 atom stereocenters. The van der Waals surface area contributed by atoms with E-state index in [9.17, 15) is 4.79 Å². The lowest BCUT2D eigenvalue weighted by atomic mass is 10.1. The highest BCUT2D eigenvalue weighted by atomic mass is 16.5. The number of rotatable bonds is 5. The molecule has 6 nitrogen and oxygen atoms in total. The van der Waals surface area contributed by atoms with Crippen molar-refractivity contribution in [1.82, 2.24) is 15.2 Å². The van der Waals surface area contributed by atoms with E-state index >= 15 is 0 Å². The van der Waals surface area contributed by atoms with Gasteiger partial charge in [-0.2, -0.15) is 0 Å². The van der Waals surface area contributed by atoms with Crippen molar-refractivity contribution in [2.24, 2.45) is 11.8 Å². The number of carbonyl (C=O) groups is 1. The van der Waals surface area contributed by atoms with Gasteiger partial charge in [-0.15, -0.1) is 0 Å². The maximum atomic E-state index is 11.7. The van der Waals surface area contributed by atoms with Gasteiger partial charge in [-0.1, -0.05) is 6.92 Å². The third-order valence-electron chi connectivity index (χ3n) is 3.47. The topological polar surface area (TPSA) is 70.8 Å². The number of ether oxygens (including phenoxy) is 1. The van der Waals surface area contributed by atoms with E-state index in [0.717, 1.165) is 13.1 Å². The van der Waals surface area contributed by atoms with Crippen LogP contribution in [0.25, 0.3) is 0 Å². The summed E-state index contributed by atoms with van der Waals surface area (Å²) in [7, 11) is 5.73. The van der Waals surface area contributed by atoms with E-state index < -0.39 is 0 Å². The summed E-state index contributed by atoms with van der Waals surface area (Å²) in [4.78, 5) is 16.0. The molecule has 6 heteroatoms. The molecule has 0 radical (unpaired) electrons. The minimum absolute atomic E-state index is 0.182. The molecule has 0 aromatic heterocycles. The van der Waals surface area contributed by atoms with Gasteiger partial charge in [0.15, 0.2) is 0 Å². The number of likely N-dealkylation sites (N-methyl/N-ethyl adjacent to an activating group) is 1. The molecule has 0 bridgehead atoms. The molecular weight excluding hydrogens is 220 g/mol. The number of hydrogen-bond donors (Lipinski definition) is 2. The zero-order valence-electron chi connectivity index (χ0n) is 11.1. The second kappa shape index (κ2) is 6.30. The van der Waals surface area contributed by atoms with Crippen LogP contribution in [-0.4, -0.2) is 68.7 Å². The van der Waals surface area contributed by atoms with Crippen LogP contribution in [0.2, 0.25) is 0 Å². The highest BCUT2D eigenvalue weighted by Gasteiger charge is 2.37. The van der Waals surface area contributed by atoms with Crippen LogP contribution >= 0.6 is 0 Å². The van der Waals surface area contributed by atoms with Crippen molar-refractivity contribution in [2.45, 2.75) is 19.0 Å². The van der Waals surface area contributed by atoms with Crippen LogP contribution in [0.1, 0.15) is 6.92 Å². The minimum Gasteiger partial charge on any atom is -0.383 e. The van der Waals surface area contributed by atoms with Gasteiger partial charge < -0.3 is 9.64 Å². The Morgan fingerprint density at radius 3 is 2.65 bits per heavy atom. The highest BCUT2D eigenvalue weighted by Crippen LogP contribution is 2.22. The lowest BCUT2D eigenvalue weighted by molar-refractivity contribution is -0.128. The Labute approximate surface area is 103 Å². The van der Waals surface area contributed by atoms with Crippen LogP contribution in [0.3, 0.4) is 0 Å². The summed E-state index contributed by atoms with van der Waals surface area (Å²) in [5, 5.41) is 0. The van der Waals surface area contributed by atoms with Gasteiger partial charge in [0.2, 0.25) is 0 Å². The molecule has 1 fully saturated rings. The molecule has 0 spiro atoms. The molecular formula is C11H24N4O2. The minimum atomic E-state index is -0.294. The van der Waals surface area contributed by atoms with Crippen molar-refractivity contribution in [2.75, 3.05) is 40.9 Å². The number of likely N-dealkylation sites (tertiary alicyclic amines) is 1. The third-order valence-corrected chi connectivity index (χ3v) is 3.47. The summed E-state index contributed by atoms with van der Waals surface area (Å²) in [6.45, 7) is 4.34. The van der Waals surface area contributed by atoms with E-state index in [1.54, 1.807) is 7.11 Å². The van der Waals surface area contributed by atoms with Gasteiger partial charge in [-0.3, -0.25) is 15.1 Å². The summed E-state index contributed by atoms with van der Waals surface area (Å²) in [6.07, 6.45) is 0. The average Bonchev–Trinajstić information content (AvgIpc) is 2.67. The second-order valence-electron chi connectivity index (χ2n) is 4.94. The number of nitrogens with two attached hydrogens (primary N) is 1. The fraction of sp³-hybridized carbons (Fsp3) is 0.909. The molecule has 3 unspecified atom stereocenters. The predicted octanol–water partition coefficient (Wildman–Crippen LogP) is -1.13. The van der Waals surface area contributed by atoms with Crippen molar-refractivity contribution in [3.63, 3.8) is 0 Å². The highest BCUT2D eigenvalue weighted by molar-refractivity contribution is 5.81. The van der Waals surface area contributed by atoms with Crippen molar-refractivity contribution >= 4 is 5.91 Å². The standard InChI is InChI=1S/C11H24N4O2/c1-8-5-15(6-9(8)14(2)3)10(7-17-4)11(16)13-12/h8-10H,5-7,12H2,1-4H3,(H,13,16). The van der Waals surface area contributed by atoms with E-state index in [1.165, 1.54) is 0 Å². The lowest BCUT2D eigenvalue weighted by Gasteiger charge is -2.26. The van der Waals surface area contributed by atoms with E-state index in [1.807, 2.05) is 0 Å². The van der Waals surface area contributed by atoms with Gasteiger partial charge in [0, 0.05) is 26.2 Å². The van der Waals surface area contributed by atoms with Crippen LogP contribution < -0.4 is 11.3 Å². The zero-order chi connectivity index (χ0) is 13.0. The van der Waals surface area contributed by atoms with E-state index in [-0.39, 0.29) is 11.9 Å². The Balaban J connectivity index is 2.68. The van der Waals surface area contributed by atoms with Crippen LogP contribution in [0.15, 0.2) is 0 Å². The summed E-state index contributed by atoms with van der Waals surface area (Å²) in [5.74, 6) is 5.56. The molecule has 0 aromatic carbocycles. The van der Waals surface area contributed by atoms with Crippen LogP contribution in [0, 0.1) is 5.92 Å². The molecule has 3 N–H and O–H groups in total. The number of methoxy groups -OCH3 is 1. The van der Waals surface area contributed by atoms with Gasteiger partial charge >= 0.3 is 0 Å². The molecule has 1 aliphatic heterocycles. The maximum Gasteiger partial charge on any atom is 0.253 e. The quantitative estimate of drug-likeness (QED) is 0.364. The van der Waals surface area contributed by atoms with Gasteiger partial charge in [0.05, 0.1) is 6.61 Å². The summed E-state index contributed by atoms with van der Waals surface area (Å²) >= 11 is 0. The molecule has 0 aromatic rings. The second-order valence-corrected chi connectivity index (χ2v) is 4.94. The first-order valence-electron chi connectivity index (χ1n) is 5.91. The zero-order valence-corrected chi connectivity index (χ0v) is 11.1. The Bertz CT molecular complexity index is 260. The van der Waals surface area contributed by atoms with Gasteiger partial charge in [0.25, 0.3) is 5.91 Å². The smallest absolute Gasteiger partial charge is 0.253 e. The first kappa shape index (κ1) is 14.4. The average molecular weight is 244 g/mol. The van der Waals surface area contributed by atoms with Crippen LogP contribution in [0.5, 0.6) is 0 Å². The summed E-state index contributed by atoms with van der Waals surface area (Å²) in [6, 6.07) is 0.178. The molecule has 1 aliphatic rings. The molecule has 100 valence electrons. The molecule has 1 rings (SSSR count). The molecule has 1 heterocycles. The maximum absolute atomic E-state index is 11.7. The fourth-order valence-corrected chi connectivity index (χ4v) is 2.51. The SMILES string of the molecule is COCC(C(=O)NN)N1CC(C)C(N(C)C)C1. The predicted molar refractivity (Wildman–Crippen MR) is 66.2 cm³/mol. The number of amides is 1. The fourth-order valence-electron chi connectivity index (χ4n) is 2.51. The lowest BCUT2D eigenvalue weighted by Crippen LogP contribution is -2.51. The largest absolute Gasteiger partial charge is 0.383 e. The van der Waals surface area contributed by atoms with Gasteiger partial charge in [-0.25, -0.2) is 5.84 Å². The summed E-state index contributed by atoms with van der Waals surface area (Å²) in [5.41, 5.74) is 2.21. The Morgan fingerprint density at radius 2 is 2.24 bits per heavy atom. The van der Waals surface area contributed by atoms with E-state index in [4.69, 9.17) is 10.6 Å². The number of hydrogen-bond acceptors (Lipinski definition) is 5. The molecule has 0 saturated carbocycles. The Kier molecular flexibility index (Phi) is 5.32. The van der Waals surface area contributed by atoms with Crippen LogP contribution in [0.4, 0.5) is 0 Å². The molecule has 0 aliphatic carbocycles. The van der Waals surface area contributed by atoms with Crippen LogP contribution in [-0.2, 0) is 9.53 Å². The number of carbonyl (C=O) groups excluding carboxylic acids is 1. The van der Waals surface area contributed by atoms with Gasteiger partial charge in [-0.05, 0) is 20.0 Å². The number of nitrogens with zero attached hydrogens (tertiary/aromatic N) is 2.